The van der Waals surface area contributed by atoms with Crippen molar-refractivity contribution in [1.82, 2.24) is 5.32 Å². The van der Waals surface area contributed by atoms with Crippen molar-refractivity contribution in [1.29, 1.82) is 0 Å². The molecule has 0 aliphatic carbocycles. The first-order chi connectivity index (χ1) is 12.5. The maximum absolute atomic E-state index is 12.0. The third-order valence-electron chi connectivity index (χ3n) is 3.64. The molecular formula is C18H21N3O4S. The van der Waals surface area contributed by atoms with E-state index in [-0.39, 0.29) is 11.8 Å². The van der Waals surface area contributed by atoms with Gasteiger partial charge >= 0.3 is 6.09 Å². The molecule has 0 saturated heterocycles. The monoisotopic (exact) mass is 375 g/mol. The molecule has 0 spiro atoms. The van der Waals surface area contributed by atoms with E-state index in [4.69, 9.17) is 0 Å². The number of hydrogen-bond donors (Lipinski definition) is 2. The van der Waals surface area contributed by atoms with Gasteiger partial charge in [-0.05, 0) is 42.1 Å². The van der Waals surface area contributed by atoms with Crippen LogP contribution in [0.25, 0.3) is 0 Å². The minimum atomic E-state index is -0.466. The smallest absolute Gasteiger partial charge is 0.413 e. The van der Waals surface area contributed by atoms with Gasteiger partial charge in [-0.15, -0.1) is 0 Å². The van der Waals surface area contributed by atoms with E-state index in [1.165, 1.54) is 23.3 Å². The molecule has 0 unspecified atom stereocenters. The zero-order valence-electron chi connectivity index (χ0n) is 14.7. The van der Waals surface area contributed by atoms with Crippen molar-refractivity contribution in [2.75, 3.05) is 30.9 Å². The second-order valence-electron chi connectivity index (χ2n) is 5.50. The number of hydrogen-bond acceptors (Lipinski definition) is 5. The summed E-state index contributed by atoms with van der Waals surface area (Å²) in [5.74, 6) is -0.263. The predicted molar refractivity (Wildman–Crippen MR) is 102 cm³/mol. The van der Waals surface area contributed by atoms with Crippen molar-refractivity contribution in [2.45, 2.75) is 12.8 Å². The molecule has 1 aromatic heterocycles. The molecule has 138 valence electrons. The maximum atomic E-state index is 12.0. The lowest BCUT2D eigenvalue weighted by Gasteiger charge is -2.16. The van der Waals surface area contributed by atoms with Crippen LogP contribution in [0.2, 0.25) is 0 Å². The van der Waals surface area contributed by atoms with Gasteiger partial charge in [-0.25, -0.2) is 4.79 Å². The van der Waals surface area contributed by atoms with Crippen molar-refractivity contribution in [3.05, 3.63) is 46.7 Å². The summed E-state index contributed by atoms with van der Waals surface area (Å²) in [4.78, 5) is 36.5. The Morgan fingerprint density at radius 1 is 1.15 bits per heavy atom. The van der Waals surface area contributed by atoms with Crippen LogP contribution < -0.4 is 15.5 Å². The van der Waals surface area contributed by atoms with E-state index < -0.39 is 6.09 Å². The molecule has 1 heterocycles. The molecule has 1 aromatic carbocycles. The van der Waals surface area contributed by atoms with Gasteiger partial charge in [-0.1, -0.05) is 0 Å². The van der Waals surface area contributed by atoms with Crippen molar-refractivity contribution < 1.29 is 19.1 Å². The SMILES string of the molecule is COC(=O)N(C)c1ccc(NC(=O)CCCNC(=O)c2ccsc2)cc1. The lowest BCUT2D eigenvalue weighted by Crippen LogP contribution is -2.25. The highest BCUT2D eigenvalue weighted by Gasteiger charge is 2.11. The quantitative estimate of drug-likeness (QED) is 0.728. The molecular weight excluding hydrogens is 354 g/mol. The van der Waals surface area contributed by atoms with Crippen LogP contribution in [0.4, 0.5) is 16.2 Å². The number of benzene rings is 1. The third-order valence-corrected chi connectivity index (χ3v) is 4.32. The Morgan fingerprint density at radius 3 is 2.50 bits per heavy atom. The van der Waals surface area contributed by atoms with Crippen LogP contribution in [-0.4, -0.2) is 38.6 Å². The Morgan fingerprint density at radius 2 is 1.88 bits per heavy atom. The van der Waals surface area contributed by atoms with E-state index in [9.17, 15) is 14.4 Å². The van der Waals surface area contributed by atoms with Gasteiger partial charge in [-0.2, -0.15) is 11.3 Å². The standard InChI is InChI=1S/C18H21N3O4S/c1-21(18(24)25-2)15-7-5-14(6-8-15)20-16(22)4-3-10-19-17(23)13-9-11-26-12-13/h5-9,11-12H,3-4,10H2,1-2H3,(H,19,23)(H,20,22). The average molecular weight is 375 g/mol. The van der Waals surface area contributed by atoms with Crippen molar-refractivity contribution >= 4 is 40.6 Å². The molecule has 26 heavy (non-hydrogen) atoms. The van der Waals surface area contributed by atoms with Gasteiger partial charge in [0.05, 0.1) is 7.11 Å². The molecule has 0 aliphatic heterocycles. The van der Waals surface area contributed by atoms with Gasteiger partial charge < -0.3 is 15.4 Å². The fourth-order valence-electron chi connectivity index (χ4n) is 2.18. The van der Waals surface area contributed by atoms with Crippen LogP contribution in [0.15, 0.2) is 41.1 Å². The Balaban J connectivity index is 1.72. The van der Waals surface area contributed by atoms with Gasteiger partial charge in [0.1, 0.15) is 0 Å². The summed E-state index contributed by atoms with van der Waals surface area (Å²) < 4.78 is 4.64. The van der Waals surface area contributed by atoms with Crippen molar-refractivity contribution in [2.24, 2.45) is 0 Å². The topological polar surface area (TPSA) is 87.7 Å². The lowest BCUT2D eigenvalue weighted by atomic mass is 10.2. The normalized spacial score (nSPS) is 10.1. The Labute approximate surface area is 156 Å². The molecule has 0 bridgehead atoms. The second kappa shape index (κ2) is 9.57. The van der Waals surface area contributed by atoms with Gasteiger partial charge in [0, 0.05) is 42.3 Å². The number of nitrogens with one attached hydrogen (secondary N) is 2. The molecule has 0 aliphatic rings. The summed E-state index contributed by atoms with van der Waals surface area (Å²) in [6, 6.07) is 8.62. The number of rotatable bonds is 7. The molecule has 2 N–H and O–H groups in total. The first kappa shape index (κ1) is 19.5. The Kier molecular flexibility index (Phi) is 7.16. The number of carbonyl (C=O) groups is 3. The van der Waals surface area contributed by atoms with Gasteiger partial charge in [-0.3, -0.25) is 14.5 Å². The van der Waals surface area contributed by atoms with Crippen LogP contribution in [-0.2, 0) is 9.53 Å². The number of carbonyl (C=O) groups excluding carboxylic acids is 3. The van der Waals surface area contributed by atoms with E-state index in [0.717, 1.165) is 0 Å². The number of nitrogens with zero attached hydrogens (tertiary/aromatic N) is 1. The van der Waals surface area contributed by atoms with Gasteiger partial charge in [0.15, 0.2) is 0 Å². The summed E-state index contributed by atoms with van der Waals surface area (Å²) >= 11 is 1.47. The van der Waals surface area contributed by atoms with Gasteiger partial charge in [0.25, 0.3) is 5.91 Å². The summed E-state index contributed by atoms with van der Waals surface area (Å²) in [7, 11) is 2.92. The van der Waals surface area contributed by atoms with Crippen molar-refractivity contribution in [3.63, 3.8) is 0 Å². The van der Waals surface area contributed by atoms with Crippen LogP contribution >= 0.6 is 11.3 Å². The largest absolute Gasteiger partial charge is 0.452 e. The zero-order chi connectivity index (χ0) is 18.9. The number of methoxy groups -OCH3 is 1. The molecule has 0 radical (unpaired) electrons. The molecule has 7 nitrogen and oxygen atoms in total. The fourth-order valence-corrected chi connectivity index (χ4v) is 2.82. The first-order valence-electron chi connectivity index (χ1n) is 8.03. The summed E-state index contributed by atoms with van der Waals surface area (Å²) in [5.41, 5.74) is 1.93. The minimum absolute atomic E-state index is 0.128. The number of ether oxygens (including phenoxy) is 1. The highest BCUT2D eigenvalue weighted by atomic mass is 32.1. The van der Waals surface area contributed by atoms with Crippen LogP contribution in [0.3, 0.4) is 0 Å². The summed E-state index contributed by atoms with van der Waals surface area (Å²) in [5, 5.41) is 9.19. The predicted octanol–water partition coefficient (Wildman–Crippen LogP) is 3.10. The first-order valence-corrected chi connectivity index (χ1v) is 8.97. The van der Waals surface area contributed by atoms with E-state index in [2.05, 4.69) is 15.4 Å². The summed E-state index contributed by atoms with van der Waals surface area (Å²) in [6.45, 7) is 0.435. The third kappa shape index (κ3) is 5.59. The number of amides is 3. The molecule has 3 amide bonds. The maximum Gasteiger partial charge on any atom is 0.413 e. The second-order valence-corrected chi connectivity index (χ2v) is 6.28. The molecule has 0 atom stereocenters. The zero-order valence-corrected chi connectivity index (χ0v) is 15.5. The Bertz CT molecular complexity index is 744. The van der Waals surface area contributed by atoms with E-state index >= 15 is 0 Å². The summed E-state index contributed by atoms with van der Waals surface area (Å²) in [6.07, 6.45) is 0.379. The minimum Gasteiger partial charge on any atom is -0.452 e. The molecule has 2 rings (SSSR count). The van der Waals surface area contributed by atoms with E-state index in [0.29, 0.717) is 36.3 Å². The Hall–Kier alpha value is -2.87. The molecule has 0 fully saturated rings. The molecule has 0 saturated carbocycles. The van der Waals surface area contributed by atoms with Crippen molar-refractivity contribution in [3.8, 4) is 0 Å². The van der Waals surface area contributed by atoms with E-state index in [1.807, 2.05) is 5.38 Å². The van der Waals surface area contributed by atoms with Gasteiger partial charge in [0.2, 0.25) is 5.91 Å². The van der Waals surface area contributed by atoms with Crippen LogP contribution in [0.1, 0.15) is 23.2 Å². The van der Waals surface area contributed by atoms with Crippen LogP contribution in [0, 0.1) is 0 Å². The van der Waals surface area contributed by atoms with Crippen LogP contribution in [0.5, 0.6) is 0 Å². The highest BCUT2D eigenvalue weighted by Crippen LogP contribution is 2.17. The molecule has 8 heteroatoms. The van der Waals surface area contributed by atoms with E-state index in [1.54, 1.807) is 42.8 Å². The molecule has 2 aromatic rings. The highest BCUT2D eigenvalue weighted by molar-refractivity contribution is 7.08. The number of thiophene rings is 1. The fraction of sp³-hybridized carbons (Fsp3) is 0.278. The lowest BCUT2D eigenvalue weighted by molar-refractivity contribution is -0.116. The number of anilines is 2. The average Bonchev–Trinajstić information content (AvgIpc) is 3.19.